The van der Waals surface area contributed by atoms with Crippen molar-refractivity contribution in [1.82, 2.24) is 0 Å². The Labute approximate surface area is 93.9 Å². The van der Waals surface area contributed by atoms with Crippen LogP contribution >= 0.6 is 15.9 Å². The van der Waals surface area contributed by atoms with Crippen molar-refractivity contribution in [2.75, 3.05) is 6.61 Å². The molecular formula is C12H14BrO. The molecule has 0 fully saturated rings. The molecule has 0 aliphatic carbocycles. The Morgan fingerprint density at radius 3 is 2.86 bits per heavy atom. The summed E-state index contributed by atoms with van der Waals surface area (Å²) >= 11 is 3.43. The van der Waals surface area contributed by atoms with Gasteiger partial charge in [0.1, 0.15) is 5.75 Å². The number of ether oxygens (including phenoxy) is 1. The van der Waals surface area contributed by atoms with Gasteiger partial charge in [-0.3, -0.25) is 0 Å². The summed E-state index contributed by atoms with van der Waals surface area (Å²) in [5.74, 6) is 0.949. The average molecular weight is 254 g/mol. The van der Waals surface area contributed by atoms with E-state index in [4.69, 9.17) is 4.74 Å². The third kappa shape index (κ3) is 2.61. The van der Waals surface area contributed by atoms with Crippen molar-refractivity contribution in [3.63, 3.8) is 0 Å². The van der Waals surface area contributed by atoms with Crippen LogP contribution in [-0.2, 0) is 0 Å². The van der Waals surface area contributed by atoms with Gasteiger partial charge in [0.05, 0.1) is 6.61 Å². The molecule has 0 saturated carbocycles. The summed E-state index contributed by atoms with van der Waals surface area (Å²) in [6.07, 6.45) is 1.81. The van der Waals surface area contributed by atoms with Crippen LogP contribution < -0.4 is 4.74 Å². The lowest BCUT2D eigenvalue weighted by Crippen LogP contribution is -1.98. The summed E-state index contributed by atoms with van der Waals surface area (Å²) in [5, 5.41) is 0. The minimum atomic E-state index is 0.0639. The van der Waals surface area contributed by atoms with E-state index in [9.17, 15) is 0 Å². The second-order valence-electron chi connectivity index (χ2n) is 2.96. The minimum absolute atomic E-state index is 0.0639. The second kappa shape index (κ2) is 5.20. The van der Waals surface area contributed by atoms with Crippen LogP contribution in [0.1, 0.15) is 18.4 Å². The maximum Gasteiger partial charge on any atom is 0.123 e. The highest BCUT2D eigenvalue weighted by molar-refractivity contribution is 9.10. The third-order valence-corrected chi connectivity index (χ3v) is 2.45. The lowest BCUT2D eigenvalue weighted by molar-refractivity contribution is 0.336. The second-order valence-corrected chi connectivity index (χ2v) is 3.87. The molecule has 14 heavy (non-hydrogen) atoms. The predicted octanol–water partition coefficient (Wildman–Crippen LogP) is 3.95. The first-order chi connectivity index (χ1) is 6.69. The number of benzene rings is 1. The van der Waals surface area contributed by atoms with Gasteiger partial charge in [-0.25, -0.2) is 0 Å². The standard InChI is InChI=1S/C12H14BrO/c1-4-9(3)11-8-10(13)6-7-12(11)14-5-2/h4,6-9H,1,3,5H2,2H3. The Kier molecular flexibility index (Phi) is 4.21. The molecule has 75 valence electrons. The molecule has 1 aromatic rings. The number of halogens is 1. The molecular weight excluding hydrogens is 240 g/mol. The number of hydrogen-bond donors (Lipinski definition) is 0. The fourth-order valence-electron chi connectivity index (χ4n) is 1.22. The lowest BCUT2D eigenvalue weighted by atomic mass is 10.0. The van der Waals surface area contributed by atoms with Gasteiger partial charge in [-0.2, -0.15) is 0 Å². The van der Waals surface area contributed by atoms with Crippen molar-refractivity contribution >= 4 is 15.9 Å². The van der Waals surface area contributed by atoms with Crippen LogP contribution in [0, 0.1) is 6.92 Å². The van der Waals surface area contributed by atoms with Crippen LogP contribution in [0.5, 0.6) is 5.75 Å². The van der Waals surface area contributed by atoms with Crippen LogP contribution in [0.25, 0.3) is 0 Å². The molecule has 0 aliphatic rings. The number of rotatable bonds is 4. The first-order valence-corrected chi connectivity index (χ1v) is 5.36. The Bertz CT molecular complexity index is 320. The topological polar surface area (TPSA) is 9.23 Å². The van der Waals surface area contributed by atoms with Crippen molar-refractivity contribution in [3.05, 3.63) is 47.8 Å². The predicted molar refractivity (Wildman–Crippen MR) is 63.6 cm³/mol. The quantitative estimate of drug-likeness (QED) is 0.739. The van der Waals surface area contributed by atoms with Gasteiger partial charge >= 0.3 is 0 Å². The number of hydrogen-bond acceptors (Lipinski definition) is 1. The summed E-state index contributed by atoms with van der Waals surface area (Å²) in [4.78, 5) is 0. The Morgan fingerprint density at radius 1 is 1.57 bits per heavy atom. The zero-order valence-corrected chi connectivity index (χ0v) is 9.88. The average Bonchev–Trinajstić information content (AvgIpc) is 2.20. The third-order valence-electron chi connectivity index (χ3n) is 1.96. The molecule has 0 heterocycles. The van der Waals surface area contributed by atoms with E-state index in [0.717, 1.165) is 15.8 Å². The smallest absolute Gasteiger partial charge is 0.123 e. The van der Waals surface area contributed by atoms with Crippen LogP contribution in [0.2, 0.25) is 0 Å². The maximum absolute atomic E-state index is 5.51. The molecule has 0 N–H and O–H groups in total. The molecule has 0 bridgehead atoms. The lowest BCUT2D eigenvalue weighted by Gasteiger charge is -2.13. The Hall–Kier alpha value is -0.760. The van der Waals surface area contributed by atoms with Gasteiger partial charge in [0.2, 0.25) is 0 Å². The summed E-state index contributed by atoms with van der Waals surface area (Å²) in [7, 11) is 0. The van der Waals surface area contributed by atoms with Gasteiger partial charge < -0.3 is 4.74 Å². The molecule has 0 spiro atoms. The van der Waals surface area contributed by atoms with Crippen LogP contribution in [-0.4, -0.2) is 6.61 Å². The van der Waals surface area contributed by atoms with E-state index in [2.05, 4.69) is 29.4 Å². The minimum Gasteiger partial charge on any atom is -0.494 e. The van der Waals surface area contributed by atoms with Crippen molar-refractivity contribution in [3.8, 4) is 5.75 Å². The summed E-state index contributed by atoms with van der Waals surface area (Å²) in [5.41, 5.74) is 1.07. The fraction of sp³-hybridized carbons (Fsp3) is 0.250. The highest BCUT2D eigenvalue weighted by Gasteiger charge is 2.08. The largest absolute Gasteiger partial charge is 0.494 e. The molecule has 1 radical (unpaired) electrons. The SMILES string of the molecule is [CH2]C(C=C)c1cc(Br)ccc1OCC. The number of allylic oxidation sites excluding steroid dienone is 1. The van der Waals surface area contributed by atoms with E-state index < -0.39 is 0 Å². The fourth-order valence-corrected chi connectivity index (χ4v) is 1.60. The molecule has 0 amide bonds. The van der Waals surface area contributed by atoms with Gasteiger partial charge in [0.25, 0.3) is 0 Å². The van der Waals surface area contributed by atoms with Crippen molar-refractivity contribution in [2.24, 2.45) is 0 Å². The molecule has 1 nitrogen and oxygen atoms in total. The normalized spacial score (nSPS) is 12.2. The maximum atomic E-state index is 5.51. The summed E-state index contributed by atoms with van der Waals surface area (Å²) in [6.45, 7) is 10.4. The van der Waals surface area contributed by atoms with Gasteiger partial charge in [-0.05, 0) is 32.0 Å². The van der Waals surface area contributed by atoms with E-state index in [-0.39, 0.29) is 5.92 Å². The van der Waals surface area contributed by atoms with Gasteiger partial charge in [-0.15, -0.1) is 6.58 Å². The molecule has 1 unspecified atom stereocenters. The van der Waals surface area contributed by atoms with Gasteiger partial charge in [0.15, 0.2) is 0 Å². The van der Waals surface area contributed by atoms with Gasteiger partial charge in [0, 0.05) is 16.0 Å². The molecule has 1 aromatic carbocycles. The zero-order chi connectivity index (χ0) is 10.6. The molecule has 1 rings (SSSR count). The van der Waals surface area contributed by atoms with Crippen LogP contribution in [0.3, 0.4) is 0 Å². The van der Waals surface area contributed by atoms with Crippen molar-refractivity contribution in [1.29, 1.82) is 0 Å². The molecule has 2 heteroatoms. The van der Waals surface area contributed by atoms with E-state index in [1.54, 1.807) is 0 Å². The molecule has 1 atom stereocenters. The van der Waals surface area contributed by atoms with Crippen LogP contribution in [0.15, 0.2) is 35.3 Å². The molecule has 0 aliphatic heterocycles. The summed E-state index contributed by atoms with van der Waals surface area (Å²) in [6, 6.07) is 5.93. The highest BCUT2D eigenvalue weighted by atomic mass is 79.9. The van der Waals surface area contributed by atoms with Gasteiger partial charge in [-0.1, -0.05) is 22.0 Å². The highest BCUT2D eigenvalue weighted by Crippen LogP contribution is 2.30. The van der Waals surface area contributed by atoms with E-state index >= 15 is 0 Å². The Balaban J connectivity index is 3.08. The first kappa shape index (κ1) is 11.3. The first-order valence-electron chi connectivity index (χ1n) is 4.57. The van der Waals surface area contributed by atoms with E-state index in [0.29, 0.717) is 6.61 Å². The molecule has 0 aromatic heterocycles. The van der Waals surface area contributed by atoms with E-state index in [1.807, 2.05) is 31.2 Å². The Morgan fingerprint density at radius 2 is 2.29 bits per heavy atom. The molecule has 0 saturated heterocycles. The van der Waals surface area contributed by atoms with Crippen molar-refractivity contribution in [2.45, 2.75) is 12.8 Å². The zero-order valence-electron chi connectivity index (χ0n) is 8.29. The summed E-state index contributed by atoms with van der Waals surface area (Å²) < 4.78 is 6.54. The van der Waals surface area contributed by atoms with Crippen LogP contribution in [0.4, 0.5) is 0 Å². The van der Waals surface area contributed by atoms with E-state index in [1.165, 1.54) is 0 Å². The monoisotopic (exact) mass is 253 g/mol. The van der Waals surface area contributed by atoms with Crippen molar-refractivity contribution < 1.29 is 4.74 Å².